The Morgan fingerprint density at radius 3 is 2.04 bits per heavy atom. The van der Waals surface area contributed by atoms with Gasteiger partial charge in [0, 0.05) is 39.3 Å². The predicted octanol–water partition coefficient (Wildman–Crippen LogP) is 0.206. The van der Waals surface area contributed by atoms with Gasteiger partial charge in [-0.2, -0.15) is 0 Å². The lowest BCUT2D eigenvalue weighted by atomic mass is 10.0. The molecule has 1 atom stereocenters. The molecule has 2 N–H and O–H groups in total. The first-order valence-corrected chi connectivity index (χ1v) is 8.59. The minimum absolute atomic E-state index is 0. The Morgan fingerprint density at radius 1 is 0.960 bits per heavy atom. The summed E-state index contributed by atoms with van der Waals surface area (Å²) in [4.78, 5) is 30.4. The number of nitrogens with zero attached hydrogens (tertiary/aromatic N) is 3. The molecule has 2 amide bonds. The van der Waals surface area contributed by atoms with Crippen LogP contribution >= 0.6 is 24.8 Å². The second-order valence-corrected chi connectivity index (χ2v) is 6.83. The molecular formula is C16H32Cl2N4O3. The second-order valence-electron chi connectivity index (χ2n) is 6.83. The SMILES string of the molecule is CC(C)C[C@H](N)C(=O)N1CCN(CC(=O)N2CCOCC2)CC1.Cl.Cl. The minimum Gasteiger partial charge on any atom is -0.378 e. The molecule has 0 saturated carbocycles. The van der Waals surface area contributed by atoms with Gasteiger partial charge in [-0.25, -0.2) is 0 Å². The van der Waals surface area contributed by atoms with Crippen LogP contribution in [0.15, 0.2) is 0 Å². The number of piperazine rings is 1. The normalized spacial score (nSPS) is 19.8. The van der Waals surface area contributed by atoms with Crippen LogP contribution in [0.25, 0.3) is 0 Å². The van der Waals surface area contributed by atoms with Gasteiger partial charge < -0.3 is 20.3 Å². The van der Waals surface area contributed by atoms with E-state index >= 15 is 0 Å². The van der Waals surface area contributed by atoms with Crippen molar-refractivity contribution in [3.05, 3.63) is 0 Å². The average molecular weight is 399 g/mol. The molecule has 2 aliphatic rings. The Bertz CT molecular complexity index is 412. The van der Waals surface area contributed by atoms with Crippen LogP contribution < -0.4 is 5.73 Å². The molecular weight excluding hydrogens is 367 g/mol. The number of nitrogens with two attached hydrogens (primary N) is 1. The molecule has 0 aromatic heterocycles. The maximum atomic E-state index is 12.3. The van der Waals surface area contributed by atoms with Crippen LogP contribution in [0.1, 0.15) is 20.3 Å². The van der Waals surface area contributed by atoms with E-state index in [9.17, 15) is 9.59 Å². The first-order chi connectivity index (χ1) is 11.0. The summed E-state index contributed by atoms with van der Waals surface area (Å²) in [6, 6.07) is -0.406. The third kappa shape index (κ3) is 7.66. The third-order valence-corrected chi connectivity index (χ3v) is 4.45. The number of hydrogen-bond acceptors (Lipinski definition) is 5. The van der Waals surface area contributed by atoms with E-state index in [4.69, 9.17) is 10.5 Å². The average Bonchev–Trinajstić information content (AvgIpc) is 2.55. The molecule has 2 heterocycles. The minimum atomic E-state index is -0.406. The fraction of sp³-hybridized carbons (Fsp3) is 0.875. The zero-order valence-electron chi connectivity index (χ0n) is 15.2. The van der Waals surface area contributed by atoms with Crippen LogP contribution in [-0.2, 0) is 14.3 Å². The smallest absolute Gasteiger partial charge is 0.239 e. The highest BCUT2D eigenvalue weighted by Crippen LogP contribution is 2.09. The van der Waals surface area contributed by atoms with E-state index in [0.717, 1.165) is 13.1 Å². The number of amides is 2. The standard InChI is InChI=1S/C16H30N4O3.2ClH/c1-13(2)11-14(17)16(22)20-5-3-18(4-6-20)12-15(21)19-7-9-23-10-8-19;;/h13-14H,3-12,17H2,1-2H3;2*1H/t14-;;/m0../s1. The fourth-order valence-electron chi connectivity index (χ4n) is 3.07. The molecule has 148 valence electrons. The zero-order valence-corrected chi connectivity index (χ0v) is 16.8. The molecule has 2 fully saturated rings. The number of hydrogen-bond donors (Lipinski definition) is 1. The molecule has 0 bridgehead atoms. The summed E-state index contributed by atoms with van der Waals surface area (Å²) >= 11 is 0. The lowest BCUT2D eigenvalue weighted by Gasteiger charge is -2.37. The van der Waals surface area contributed by atoms with Gasteiger partial charge in [-0.05, 0) is 12.3 Å². The summed E-state index contributed by atoms with van der Waals surface area (Å²) in [6.45, 7) is 9.96. The molecule has 2 rings (SSSR count). The van der Waals surface area contributed by atoms with E-state index in [2.05, 4.69) is 18.7 Å². The van der Waals surface area contributed by atoms with E-state index < -0.39 is 6.04 Å². The van der Waals surface area contributed by atoms with Crippen molar-refractivity contribution in [1.29, 1.82) is 0 Å². The Labute approximate surface area is 163 Å². The summed E-state index contributed by atoms with van der Waals surface area (Å²) in [7, 11) is 0. The van der Waals surface area contributed by atoms with Gasteiger partial charge in [-0.15, -0.1) is 24.8 Å². The first kappa shape index (κ1) is 24.4. The fourth-order valence-corrected chi connectivity index (χ4v) is 3.07. The molecule has 0 aliphatic carbocycles. The van der Waals surface area contributed by atoms with Crippen LogP contribution in [0.3, 0.4) is 0 Å². The van der Waals surface area contributed by atoms with E-state index in [0.29, 0.717) is 58.3 Å². The van der Waals surface area contributed by atoms with Gasteiger partial charge in [-0.1, -0.05) is 13.8 Å². The van der Waals surface area contributed by atoms with Crippen molar-refractivity contribution < 1.29 is 14.3 Å². The van der Waals surface area contributed by atoms with Crippen LogP contribution in [0.5, 0.6) is 0 Å². The highest BCUT2D eigenvalue weighted by molar-refractivity contribution is 5.85. The van der Waals surface area contributed by atoms with Gasteiger partial charge in [-0.3, -0.25) is 14.5 Å². The Morgan fingerprint density at radius 2 is 1.52 bits per heavy atom. The maximum absolute atomic E-state index is 12.3. The summed E-state index contributed by atoms with van der Waals surface area (Å²) in [6.07, 6.45) is 0.717. The van der Waals surface area contributed by atoms with Crippen LogP contribution in [-0.4, -0.2) is 91.6 Å². The number of halogens is 2. The van der Waals surface area contributed by atoms with Crippen molar-refractivity contribution in [2.24, 2.45) is 11.7 Å². The largest absolute Gasteiger partial charge is 0.378 e. The Balaban J connectivity index is 0.00000288. The third-order valence-electron chi connectivity index (χ3n) is 4.45. The van der Waals surface area contributed by atoms with E-state index in [1.54, 1.807) is 0 Å². The lowest BCUT2D eigenvalue weighted by molar-refractivity contribution is -0.138. The lowest BCUT2D eigenvalue weighted by Crippen LogP contribution is -2.55. The van der Waals surface area contributed by atoms with Crippen LogP contribution in [0, 0.1) is 5.92 Å². The molecule has 7 nitrogen and oxygen atoms in total. The topological polar surface area (TPSA) is 79.1 Å². The Hall–Kier alpha value is -0.600. The summed E-state index contributed by atoms with van der Waals surface area (Å²) in [5.41, 5.74) is 5.98. The molecule has 0 aromatic rings. The quantitative estimate of drug-likeness (QED) is 0.715. The summed E-state index contributed by atoms with van der Waals surface area (Å²) < 4.78 is 5.27. The Kier molecular flexibility index (Phi) is 11.6. The van der Waals surface area contributed by atoms with E-state index in [1.807, 2.05) is 9.80 Å². The van der Waals surface area contributed by atoms with Gasteiger partial charge >= 0.3 is 0 Å². The number of carbonyl (C=O) groups excluding carboxylic acids is 2. The number of carbonyl (C=O) groups is 2. The summed E-state index contributed by atoms with van der Waals surface area (Å²) in [5, 5.41) is 0. The van der Waals surface area contributed by atoms with Crippen molar-refractivity contribution >= 4 is 36.6 Å². The van der Waals surface area contributed by atoms with Gasteiger partial charge in [0.15, 0.2) is 0 Å². The molecule has 25 heavy (non-hydrogen) atoms. The second kappa shape index (κ2) is 11.9. The van der Waals surface area contributed by atoms with Crippen molar-refractivity contribution in [2.75, 3.05) is 59.0 Å². The van der Waals surface area contributed by atoms with Gasteiger partial charge in [0.2, 0.25) is 11.8 Å². The van der Waals surface area contributed by atoms with E-state index in [-0.39, 0.29) is 36.6 Å². The molecule has 0 unspecified atom stereocenters. The molecule has 0 spiro atoms. The van der Waals surface area contributed by atoms with Crippen molar-refractivity contribution in [2.45, 2.75) is 26.3 Å². The number of morpholine rings is 1. The van der Waals surface area contributed by atoms with Crippen LogP contribution in [0.4, 0.5) is 0 Å². The highest BCUT2D eigenvalue weighted by Gasteiger charge is 2.27. The molecule has 2 aliphatic heterocycles. The van der Waals surface area contributed by atoms with Crippen molar-refractivity contribution in [3.63, 3.8) is 0 Å². The molecule has 9 heteroatoms. The molecule has 2 saturated heterocycles. The van der Waals surface area contributed by atoms with Crippen molar-refractivity contribution in [3.8, 4) is 0 Å². The molecule has 0 aromatic carbocycles. The summed E-state index contributed by atoms with van der Waals surface area (Å²) in [5.74, 6) is 0.615. The first-order valence-electron chi connectivity index (χ1n) is 8.59. The van der Waals surface area contributed by atoms with Crippen LogP contribution in [0.2, 0.25) is 0 Å². The van der Waals surface area contributed by atoms with E-state index in [1.165, 1.54) is 0 Å². The maximum Gasteiger partial charge on any atom is 0.239 e. The predicted molar refractivity (Wildman–Crippen MR) is 102 cm³/mol. The van der Waals surface area contributed by atoms with Crippen molar-refractivity contribution in [1.82, 2.24) is 14.7 Å². The number of rotatable bonds is 5. The highest BCUT2D eigenvalue weighted by atomic mass is 35.5. The van der Waals surface area contributed by atoms with Gasteiger partial charge in [0.25, 0.3) is 0 Å². The molecule has 0 radical (unpaired) electrons. The number of ether oxygens (including phenoxy) is 1. The van der Waals surface area contributed by atoms with Gasteiger partial charge in [0.05, 0.1) is 25.8 Å². The monoisotopic (exact) mass is 398 g/mol. The van der Waals surface area contributed by atoms with Gasteiger partial charge in [0.1, 0.15) is 0 Å². The zero-order chi connectivity index (χ0) is 16.8.